The lowest BCUT2D eigenvalue weighted by Gasteiger charge is -2.36. The van der Waals surface area contributed by atoms with Crippen molar-refractivity contribution in [3.8, 4) is 11.5 Å². The van der Waals surface area contributed by atoms with Gasteiger partial charge in [0.25, 0.3) is 0 Å². The van der Waals surface area contributed by atoms with Crippen molar-refractivity contribution >= 4 is 5.91 Å². The predicted molar refractivity (Wildman–Crippen MR) is 94.6 cm³/mol. The van der Waals surface area contributed by atoms with Crippen LogP contribution in [0.5, 0.6) is 11.5 Å². The van der Waals surface area contributed by atoms with Gasteiger partial charge in [-0.3, -0.25) is 14.6 Å². The van der Waals surface area contributed by atoms with Crippen LogP contribution >= 0.6 is 0 Å². The minimum absolute atomic E-state index is 0.198. The van der Waals surface area contributed by atoms with Crippen molar-refractivity contribution in [1.82, 2.24) is 14.7 Å². The third kappa shape index (κ3) is 3.60. The molecule has 4 aliphatic rings. The molecule has 0 saturated carbocycles. The third-order valence-electron chi connectivity index (χ3n) is 5.58. The molecule has 1 aromatic carbocycles. The van der Waals surface area contributed by atoms with E-state index in [9.17, 15) is 4.79 Å². The fraction of sp³-hybridized carbons (Fsp3) is 0.632. The molecule has 6 nitrogen and oxygen atoms in total. The van der Waals surface area contributed by atoms with Gasteiger partial charge in [0.05, 0.1) is 6.54 Å². The zero-order chi connectivity index (χ0) is 17.4. The lowest BCUT2D eigenvalue weighted by Crippen LogP contribution is -2.44. The summed E-state index contributed by atoms with van der Waals surface area (Å²) >= 11 is 0. The van der Waals surface area contributed by atoms with Crippen molar-refractivity contribution in [2.75, 3.05) is 47.1 Å². The first-order chi connectivity index (χ1) is 12.1. The van der Waals surface area contributed by atoms with Crippen LogP contribution in [0.4, 0.5) is 0 Å². The number of hydrogen-bond acceptors (Lipinski definition) is 5. The molecule has 6 heteroatoms. The Morgan fingerprint density at radius 1 is 1.16 bits per heavy atom. The largest absolute Gasteiger partial charge is 0.454 e. The summed E-state index contributed by atoms with van der Waals surface area (Å²) in [7, 11) is 3.67. The number of carbonyl (C=O) groups excluding carboxylic acids is 1. The van der Waals surface area contributed by atoms with Crippen molar-refractivity contribution in [3.63, 3.8) is 0 Å². The van der Waals surface area contributed by atoms with Crippen LogP contribution in [0.3, 0.4) is 0 Å². The normalized spacial score (nSPS) is 25.8. The third-order valence-corrected chi connectivity index (χ3v) is 5.58. The van der Waals surface area contributed by atoms with E-state index in [4.69, 9.17) is 9.47 Å². The lowest BCUT2D eigenvalue weighted by atomic mass is 9.94. The van der Waals surface area contributed by atoms with Gasteiger partial charge < -0.3 is 14.4 Å². The second kappa shape index (κ2) is 6.84. The minimum atomic E-state index is 0.198. The van der Waals surface area contributed by atoms with E-state index in [-0.39, 0.29) is 5.91 Å². The highest BCUT2D eigenvalue weighted by atomic mass is 16.7. The number of piperidine rings is 1. The fourth-order valence-corrected chi connectivity index (χ4v) is 4.21. The van der Waals surface area contributed by atoms with Gasteiger partial charge in [-0.25, -0.2) is 0 Å². The molecule has 0 N–H and O–H groups in total. The average molecular weight is 345 g/mol. The van der Waals surface area contributed by atoms with Gasteiger partial charge in [-0.15, -0.1) is 0 Å². The maximum absolute atomic E-state index is 12.1. The number of fused-ring (bicyclic) bond motifs is 5. The molecule has 2 atom stereocenters. The number of nitrogens with zero attached hydrogens (tertiary/aromatic N) is 3. The van der Waals surface area contributed by atoms with Gasteiger partial charge in [0.1, 0.15) is 0 Å². The van der Waals surface area contributed by atoms with E-state index < -0.39 is 0 Å². The summed E-state index contributed by atoms with van der Waals surface area (Å²) in [6.07, 6.45) is 2.50. The summed E-state index contributed by atoms with van der Waals surface area (Å²) in [4.78, 5) is 18.7. The number of benzene rings is 1. The SMILES string of the molecule is CN(C)C(=O)CN1C[C@@H]2CC[C@H](C1)N(Cc1ccc3c(c1)OCO3)C2. The maximum Gasteiger partial charge on any atom is 0.236 e. The molecule has 4 aliphatic heterocycles. The Bertz CT molecular complexity index is 649. The van der Waals surface area contributed by atoms with Crippen LogP contribution in [-0.4, -0.2) is 73.7 Å². The van der Waals surface area contributed by atoms with E-state index in [2.05, 4.69) is 21.9 Å². The Morgan fingerprint density at radius 2 is 2.00 bits per heavy atom. The van der Waals surface area contributed by atoms with E-state index in [0.29, 0.717) is 25.3 Å². The molecule has 3 fully saturated rings. The van der Waals surface area contributed by atoms with Crippen molar-refractivity contribution in [2.24, 2.45) is 5.92 Å². The molecule has 2 bridgehead atoms. The highest BCUT2D eigenvalue weighted by molar-refractivity contribution is 5.77. The van der Waals surface area contributed by atoms with Gasteiger partial charge in [-0.2, -0.15) is 0 Å². The Labute approximate surface area is 149 Å². The average Bonchev–Trinajstić information content (AvgIpc) is 2.88. The molecule has 0 spiro atoms. The molecule has 0 unspecified atom stereocenters. The van der Waals surface area contributed by atoms with Crippen LogP contribution in [0.25, 0.3) is 0 Å². The Morgan fingerprint density at radius 3 is 2.84 bits per heavy atom. The molecule has 136 valence electrons. The first kappa shape index (κ1) is 16.7. The summed E-state index contributed by atoms with van der Waals surface area (Å²) in [5.74, 6) is 2.55. The van der Waals surface area contributed by atoms with Crippen LogP contribution in [0, 0.1) is 5.92 Å². The van der Waals surface area contributed by atoms with Gasteiger partial charge in [0.2, 0.25) is 12.7 Å². The van der Waals surface area contributed by atoms with E-state index in [1.165, 1.54) is 18.4 Å². The molecule has 25 heavy (non-hydrogen) atoms. The summed E-state index contributed by atoms with van der Waals surface area (Å²) in [6.45, 7) is 4.94. The van der Waals surface area contributed by atoms with Crippen molar-refractivity contribution < 1.29 is 14.3 Å². The van der Waals surface area contributed by atoms with E-state index in [1.54, 1.807) is 4.90 Å². The molecule has 0 aliphatic carbocycles. The van der Waals surface area contributed by atoms with Crippen molar-refractivity contribution in [3.05, 3.63) is 23.8 Å². The number of ether oxygens (including phenoxy) is 2. The number of carbonyl (C=O) groups is 1. The van der Waals surface area contributed by atoms with E-state index >= 15 is 0 Å². The first-order valence-electron chi connectivity index (χ1n) is 9.13. The molecule has 1 aromatic rings. The number of hydrogen-bond donors (Lipinski definition) is 0. The number of amides is 1. The second-order valence-corrected chi connectivity index (χ2v) is 7.70. The molecule has 0 radical (unpaired) electrons. The molecular weight excluding hydrogens is 318 g/mol. The van der Waals surface area contributed by atoms with Crippen LogP contribution in [0.2, 0.25) is 0 Å². The predicted octanol–water partition coefficient (Wildman–Crippen LogP) is 1.40. The summed E-state index contributed by atoms with van der Waals surface area (Å²) in [5, 5.41) is 0. The van der Waals surface area contributed by atoms with Gasteiger partial charge in [0, 0.05) is 46.3 Å². The van der Waals surface area contributed by atoms with Gasteiger partial charge >= 0.3 is 0 Å². The molecule has 5 rings (SSSR count). The van der Waals surface area contributed by atoms with Gasteiger partial charge in [-0.05, 0) is 36.5 Å². The van der Waals surface area contributed by atoms with Crippen LogP contribution < -0.4 is 9.47 Å². The van der Waals surface area contributed by atoms with Crippen LogP contribution in [0.1, 0.15) is 18.4 Å². The molecule has 1 amide bonds. The Kier molecular flexibility index (Phi) is 4.56. The summed E-state index contributed by atoms with van der Waals surface area (Å²) in [5.41, 5.74) is 1.27. The van der Waals surface area contributed by atoms with Crippen molar-refractivity contribution in [1.29, 1.82) is 0 Å². The zero-order valence-electron chi connectivity index (χ0n) is 15.1. The van der Waals surface area contributed by atoms with Gasteiger partial charge in [0.15, 0.2) is 11.5 Å². The highest BCUT2D eigenvalue weighted by Crippen LogP contribution is 2.34. The smallest absolute Gasteiger partial charge is 0.236 e. The van der Waals surface area contributed by atoms with Gasteiger partial charge in [-0.1, -0.05) is 6.07 Å². The summed E-state index contributed by atoms with van der Waals surface area (Å²) < 4.78 is 10.9. The zero-order valence-corrected chi connectivity index (χ0v) is 15.1. The fourth-order valence-electron chi connectivity index (χ4n) is 4.21. The molecular formula is C19H27N3O3. The Hall–Kier alpha value is -1.79. The molecule has 3 saturated heterocycles. The summed E-state index contributed by atoms with van der Waals surface area (Å²) in [6, 6.07) is 6.78. The monoisotopic (exact) mass is 345 g/mol. The molecule has 0 aromatic heterocycles. The second-order valence-electron chi connectivity index (χ2n) is 7.70. The van der Waals surface area contributed by atoms with E-state index in [0.717, 1.165) is 37.7 Å². The standard InChI is InChI=1S/C19H27N3O3/c1-20(2)19(23)12-21-8-15-3-5-16(11-21)22(10-15)9-14-4-6-17-18(7-14)25-13-24-17/h4,6-7,15-16H,3,5,8-13H2,1-2H3/t15-,16+/m0/s1. The van der Waals surface area contributed by atoms with Crippen molar-refractivity contribution in [2.45, 2.75) is 25.4 Å². The van der Waals surface area contributed by atoms with Crippen LogP contribution in [-0.2, 0) is 11.3 Å². The lowest BCUT2D eigenvalue weighted by molar-refractivity contribution is -0.130. The molecule has 4 heterocycles. The maximum atomic E-state index is 12.1. The Balaban J connectivity index is 1.43. The van der Waals surface area contributed by atoms with Crippen LogP contribution in [0.15, 0.2) is 18.2 Å². The first-order valence-corrected chi connectivity index (χ1v) is 9.13. The minimum Gasteiger partial charge on any atom is -0.454 e. The van der Waals surface area contributed by atoms with E-state index in [1.807, 2.05) is 20.2 Å². The number of likely N-dealkylation sites (N-methyl/N-ethyl adjacent to an activating group) is 1. The topological polar surface area (TPSA) is 45.3 Å². The number of rotatable bonds is 4. The quantitative estimate of drug-likeness (QED) is 0.825. The highest BCUT2D eigenvalue weighted by Gasteiger charge is 2.35.